The number of hydrogen-bond donors (Lipinski definition) is 0. The van der Waals surface area contributed by atoms with E-state index in [2.05, 4.69) is 0 Å². The number of hydrogen-bond acceptors (Lipinski definition) is 1. The Labute approximate surface area is 97.4 Å². The first-order valence-electron chi connectivity index (χ1n) is 4.40. The molecule has 18 heavy (non-hydrogen) atoms. The smallest absolute Gasteiger partial charge is 0.289 e. The molecule has 96 valence electrons. The van der Waals surface area contributed by atoms with E-state index in [4.69, 9.17) is 0 Å². The number of rotatable bonds is 0. The summed E-state index contributed by atoms with van der Waals surface area (Å²) in [7, 11) is 0. The van der Waals surface area contributed by atoms with Gasteiger partial charge in [-0.15, -0.1) is 0 Å². The van der Waals surface area contributed by atoms with Gasteiger partial charge in [-0.1, -0.05) is 12.0 Å². The Balaban J connectivity index is 3.60. The predicted octanol–water partition coefficient (Wildman–Crippen LogP) is 3.27. The molecule has 0 N–H and O–H groups in total. The summed E-state index contributed by atoms with van der Waals surface area (Å²) in [5, 5.41) is 0. The summed E-state index contributed by atoms with van der Waals surface area (Å²) in [6.45, 7) is 0. The highest BCUT2D eigenvalue weighted by atomic mass is 19.4. The minimum atomic E-state index is -4.98. The van der Waals surface area contributed by atoms with Gasteiger partial charge in [0.2, 0.25) is 0 Å². The highest BCUT2D eigenvalue weighted by Gasteiger charge is 2.40. The van der Waals surface area contributed by atoms with Crippen molar-refractivity contribution in [3.8, 4) is 11.8 Å². The Hall–Kier alpha value is -1.97. The van der Waals surface area contributed by atoms with Gasteiger partial charge in [0.05, 0.1) is 11.1 Å². The summed E-state index contributed by atoms with van der Waals surface area (Å²) in [5.41, 5.74) is -4.29. The van der Waals surface area contributed by atoms with Gasteiger partial charge in [0.1, 0.15) is 0 Å². The molecule has 0 spiro atoms. The number of aldehydes is 1. The maximum absolute atomic E-state index is 12.5. The second-order valence-electron chi connectivity index (χ2n) is 3.11. The molecule has 0 atom stereocenters. The van der Waals surface area contributed by atoms with E-state index in [1.807, 2.05) is 0 Å². The third-order valence-electron chi connectivity index (χ3n) is 1.93. The Morgan fingerprint density at radius 2 is 1.39 bits per heavy atom. The van der Waals surface area contributed by atoms with Crippen molar-refractivity contribution in [2.75, 3.05) is 0 Å². The van der Waals surface area contributed by atoms with Gasteiger partial charge in [-0.05, 0) is 18.1 Å². The molecule has 0 fully saturated rings. The van der Waals surface area contributed by atoms with Crippen LogP contribution in [0.5, 0.6) is 0 Å². The van der Waals surface area contributed by atoms with E-state index in [0.29, 0.717) is 18.2 Å². The molecule has 0 amide bonds. The van der Waals surface area contributed by atoms with Crippen molar-refractivity contribution >= 4 is 6.29 Å². The maximum atomic E-state index is 12.5. The molecule has 0 aliphatic rings. The summed E-state index contributed by atoms with van der Waals surface area (Å²) in [5.74, 6) is 3.15. The topological polar surface area (TPSA) is 17.1 Å². The van der Waals surface area contributed by atoms with Gasteiger partial charge in [-0.2, -0.15) is 26.3 Å². The molecule has 0 aliphatic carbocycles. The summed E-state index contributed by atoms with van der Waals surface area (Å²) < 4.78 is 75.1. The van der Waals surface area contributed by atoms with Gasteiger partial charge in [-0.3, -0.25) is 4.79 Å². The molecule has 0 heterocycles. The van der Waals surface area contributed by atoms with E-state index in [-0.39, 0.29) is 6.29 Å². The van der Waals surface area contributed by atoms with Crippen LogP contribution in [0.3, 0.4) is 0 Å². The average Bonchev–Trinajstić information content (AvgIpc) is 2.23. The zero-order valence-electron chi connectivity index (χ0n) is 8.49. The van der Waals surface area contributed by atoms with Crippen LogP contribution in [0.25, 0.3) is 0 Å². The molecule has 0 radical (unpaired) electrons. The van der Waals surface area contributed by atoms with Crippen molar-refractivity contribution in [1.29, 1.82) is 0 Å². The van der Waals surface area contributed by atoms with E-state index >= 15 is 0 Å². The van der Waals surface area contributed by atoms with Crippen LogP contribution in [-0.4, -0.2) is 6.29 Å². The minimum absolute atomic E-state index is 0.0761. The lowest BCUT2D eigenvalue weighted by Gasteiger charge is -2.14. The van der Waals surface area contributed by atoms with Crippen LogP contribution in [0.2, 0.25) is 0 Å². The first-order valence-corrected chi connectivity index (χ1v) is 4.40. The number of alkyl halides is 6. The molecule has 1 aromatic rings. The van der Waals surface area contributed by atoms with Crippen LogP contribution in [0.1, 0.15) is 16.7 Å². The molecule has 1 rings (SSSR count). The minimum Gasteiger partial charge on any atom is -0.289 e. The zero-order chi connectivity index (χ0) is 14.0. The lowest BCUT2D eigenvalue weighted by molar-refractivity contribution is -0.143. The Kier molecular flexibility index (Phi) is 3.70. The summed E-state index contributed by atoms with van der Waals surface area (Å²) in [4.78, 5) is 9.96. The van der Waals surface area contributed by atoms with E-state index in [1.54, 1.807) is 11.8 Å². The van der Waals surface area contributed by atoms with Crippen molar-refractivity contribution in [3.63, 3.8) is 0 Å². The second-order valence-corrected chi connectivity index (χ2v) is 3.11. The number of carbonyl (C=O) groups excluding carboxylic acids is 1. The molecule has 0 saturated carbocycles. The molecule has 0 aromatic heterocycles. The Morgan fingerprint density at radius 3 is 1.72 bits per heavy atom. The quantitative estimate of drug-likeness (QED) is 0.400. The SMILES string of the molecule is O=CC#Cc1c(C(F)(F)F)cccc1C(F)(F)F. The highest BCUT2D eigenvalue weighted by molar-refractivity contribution is 5.74. The van der Waals surface area contributed by atoms with Gasteiger partial charge in [-0.25, -0.2) is 0 Å². The number of halogens is 6. The van der Waals surface area contributed by atoms with Gasteiger partial charge in [0.15, 0.2) is 6.29 Å². The Bertz CT molecular complexity index is 483. The fourth-order valence-corrected chi connectivity index (χ4v) is 1.26. The van der Waals surface area contributed by atoms with Crippen molar-refractivity contribution < 1.29 is 31.1 Å². The van der Waals surface area contributed by atoms with Crippen LogP contribution in [0, 0.1) is 11.8 Å². The third kappa shape index (κ3) is 3.03. The van der Waals surface area contributed by atoms with Crippen LogP contribution in [0.15, 0.2) is 18.2 Å². The van der Waals surface area contributed by atoms with Crippen molar-refractivity contribution in [2.45, 2.75) is 12.4 Å². The summed E-state index contributed by atoms with van der Waals surface area (Å²) >= 11 is 0. The largest absolute Gasteiger partial charge is 0.417 e. The van der Waals surface area contributed by atoms with Crippen molar-refractivity contribution in [3.05, 3.63) is 34.9 Å². The van der Waals surface area contributed by atoms with Crippen LogP contribution in [0.4, 0.5) is 26.3 Å². The summed E-state index contributed by atoms with van der Waals surface area (Å²) in [6.07, 6.45) is -10.0. The lowest BCUT2D eigenvalue weighted by atomic mass is 10.0. The molecule has 1 nitrogen and oxygen atoms in total. The maximum Gasteiger partial charge on any atom is 0.417 e. The van der Waals surface area contributed by atoms with Crippen LogP contribution >= 0.6 is 0 Å². The molecule has 0 saturated heterocycles. The fraction of sp³-hybridized carbons (Fsp3) is 0.182. The van der Waals surface area contributed by atoms with Gasteiger partial charge >= 0.3 is 12.4 Å². The first-order chi connectivity index (χ1) is 8.18. The zero-order valence-corrected chi connectivity index (χ0v) is 8.49. The molecule has 0 bridgehead atoms. The standard InChI is InChI=1S/C11H4F6O/c12-10(13,14)8-4-1-5-9(11(15,16)17)7(8)3-2-6-18/h1,4-6H. The van der Waals surface area contributed by atoms with E-state index in [1.165, 1.54) is 0 Å². The molecule has 0 aliphatic heterocycles. The van der Waals surface area contributed by atoms with Gasteiger partial charge < -0.3 is 0 Å². The number of carbonyl (C=O) groups is 1. The Morgan fingerprint density at radius 1 is 0.944 bits per heavy atom. The van der Waals surface area contributed by atoms with E-state index < -0.39 is 29.0 Å². The van der Waals surface area contributed by atoms with Crippen LogP contribution < -0.4 is 0 Å². The van der Waals surface area contributed by atoms with E-state index in [0.717, 1.165) is 0 Å². The fourth-order valence-electron chi connectivity index (χ4n) is 1.26. The normalized spacial score (nSPS) is 11.7. The molecule has 0 unspecified atom stereocenters. The molecular weight excluding hydrogens is 262 g/mol. The molecular formula is C11H4F6O. The van der Waals surface area contributed by atoms with Crippen LogP contribution in [-0.2, 0) is 17.1 Å². The van der Waals surface area contributed by atoms with Crippen molar-refractivity contribution in [2.24, 2.45) is 0 Å². The first kappa shape index (κ1) is 14.1. The lowest BCUT2D eigenvalue weighted by Crippen LogP contribution is -2.14. The second kappa shape index (κ2) is 4.72. The molecule has 1 aromatic carbocycles. The highest BCUT2D eigenvalue weighted by Crippen LogP contribution is 2.38. The molecule has 7 heteroatoms. The summed E-state index contributed by atoms with van der Waals surface area (Å²) in [6, 6.07) is 1.59. The third-order valence-corrected chi connectivity index (χ3v) is 1.93. The monoisotopic (exact) mass is 266 g/mol. The van der Waals surface area contributed by atoms with Gasteiger partial charge in [0.25, 0.3) is 0 Å². The number of benzene rings is 1. The van der Waals surface area contributed by atoms with Gasteiger partial charge in [0, 0.05) is 5.56 Å². The van der Waals surface area contributed by atoms with Crippen molar-refractivity contribution in [1.82, 2.24) is 0 Å². The van der Waals surface area contributed by atoms with E-state index in [9.17, 15) is 31.1 Å². The predicted molar refractivity (Wildman–Crippen MR) is 49.4 cm³/mol. The average molecular weight is 266 g/mol.